The SMILES string of the molecule is CC1Cc2cn(C(C)C)cc2C1N. The highest BCUT2D eigenvalue weighted by molar-refractivity contribution is 5.33. The molecular weight excluding hydrogens is 160 g/mol. The Morgan fingerprint density at radius 3 is 2.69 bits per heavy atom. The van der Waals surface area contributed by atoms with Crippen LogP contribution < -0.4 is 5.73 Å². The van der Waals surface area contributed by atoms with Crippen LogP contribution in [0.5, 0.6) is 0 Å². The molecule has 2 N–H and O–H groups in total. The maximum atomic E-state index is 6.09. The molecule has 2 atom stereocenters. The summed E-state index contributed by atoms with van der Waals surface area (Å²) in [6, 6.07) is 0.808. The van der Waals surface area contributed by atoms with Crippen molar-refractivity contribution < 1.29 is 0 Å². The molecule has 0 amide bonds. The van der Waals surface area contributed by atoms with Crippen LogP contribution in [0.1, 0.15) is 44.0 Å². The number of nitrogens with zero attached hydrogens (tertiary/aromatic N) is 1. The summed E-state index contributed by atoms with van der Waals surface area (Å²) >= 11 is 0. The number of fused-ring (bicyclic) bond motifs is 1. The minimum atomic E-state index is 0.259. The molecule has 2 heteroatoms. The Morgan fingerprint density at radius 1 is 1.46 bits per heavy atom. The fourth-order valence-corrected chi connectivity index (χ4v) is 2.08. The minimum Gasteiger partial charge on any atom is -0.351 e. The monoisotopic (exact) mass is 178 g/mol. The van der Waals surface area contributed by atoms with Crippen molar-refractivity contribution in [3.05, 3.63) is 23.5 Å². The molecule has 0 fully saturated rings. The topological polar surface area (TPSA) is 30.9 Å². The Labute approximate surface area is 79.7 Å². The van der Waals surface area contributed by atoms with E-state index >= 15 is 0 Å². The van der Waals surface area contributed by atoms with E-state index < -0.39 is 0 Å². The Hall–Kier alpha value is -0.760. The molecule has 2 unspecified atom stereocenters. The van der Waals surface area contributed by atoms with Crippen molar-refractivity contribution in [2.75, 3.05) is 0 Å². The summed E-state index contributed by atoms with van der Waals surface area (Å²) in [6.07, 6.45) is 5.62. The van der Waals surface area contributed by atoms with Crippen LogP contribution in [0, 0.1) is 5.92 Å². The summed E-state index contributed by atoms with van der Waals surface area (Å²) in [7, 11) is 0. The summed E-state index contributed by atoms with van der Waals surface area (Å²) < 4.78 is 2.26. The quantitative estimate of drug-likeness (QED) is 0.702. The van der Waals surface area contributed by atoms with Crippen molar-refractivity contribution >= 4 is 0 Å². The van der Waals surface area contributed by atoms with Gasteiger partial charge in [0, 0.05) is 24.5 Å². The third-order valence-corrected chi connectivity index (χ3v) is 3.07. The maximum absolute atomic E-state index is 6.09. The highest BCUT2D eigenvalue weighted by atomic mass is 15.0. The molecule has 0 saturated carbocycles. The number of aromatic nitrogens is 1. The van der Waals surface area contributed by atoms with E-state index in [0.717, 1.165) is 6.42 Å². The number of nitrogens with two attached hydrogens (primary N) is 1. The number of hydrogen-bond acceptors (Lipinski definition) is 1. The molecule has 0 spiro atoms. The molecule has 2 rings (SSSR count). The van der Waals surface area contributed by atoms with Crippen molar-refractivity contribution in [2.24, 2.45) is 11.7 Å². The Kier molecular flexibility index (Phi) is 1.95. The van der Waals surface area contributed by atoms with Gasteiger partial charge in [-0.15, -0.1) is 0 Å². The van der Waals surface area contributed by atoms with Gasteiger partial charge < -0.3 is 10.3 Å². The molecule has 0 saturated heterocycles. The van der Waals surface area contributed by atoms with Crippen LogP contribution in [-0.4, -0.2) is 4.57 Å². The largest absolute Gasteiger partial charge is 0.351 e. The fourth-order valence-electron chi connectivity index (χ4n) is 2.08. The third-order valence-electron chi connectivity index (χ3n) is 3.07. The number of rotatable bonds is 1. The smallest absolute Gasteiger partial charge is 0.0341 e. The first-order chi connectivity index (χ1) is 6.09. The van der Waals surface area contributed by atoms with E-state index in [9.17, 15) is 0 Å². The standard InChI is InChI=1S/C11H18N2/c1-7(2)13-5-9-4-8(3)11(12)10(9)6-13/h5-8,11H,4,12H2,1-3H3. The van der Waals surface area contributed by atoms with Gasteiger partial charge in [-0.1, -0.05) is 6.92 Å². The lowest BCUT2D eigenvalue weighted by atomic mass is 10.1. The second-order valence-electron chi connectivity index (χ2n) is 4.49. The highest BCUT2D eigenvalue weighted by Crippen LogP contribution is 2.35. The van der Waals surface area contributed by atoms with Crippen molar-refractivity contribution in [3.63, 3.8) is 0 Å². The van der Waals surface area contributed by atoms with Crippen LogP contribution in [0.4, 0.5) is 0 Å². The lowest BCUT2D eigenvalue weighted by Gasteiger charge is -2.11. The van der Waals surface area contributed by atoms with Gasteiger partial charge in [-0.3, -0.25) is 0 Å². The highest BCUT2D eigenvalue weighted by Gasteiger charge is 2.27. The molecule has 0 aliphatic heterocycles. The Bertz CT molecular complexity index is 312. The lowest BCUT2D eigenvalue weighted by molar-refractivity contribution is 0.502. The molecule has 72 valence electrons. The van der Waals surface area contributed by atoms with Crippen LogP contribution >= 0.6 is 0 Å². The fraction of sp³-hybridized carbons (Fsp3) is 0.636. The lowest BCUT2D eigenvalue weighted by Crippen LogP contribution is -2.14. The molecule has 1 aliphatic carbocycles. The first-order valence-electron chi connectivity index (χ1n) is 5.05. The van der Waals surface area contributed by atoms with E-state index in [1.54, 1.807) is 0 Å². The molecule has 0 bridgehead atoms. The van der Waals surface area contributed by atoms with Gasteiger partial charge in [0.25, 0.3) is 0 Å². The van der Waals surface area contributed by atoms with Gasteiger partial charge in [0.05, 0.1) is 0 Å². The third kappa shape index (κ3) is 1.29. The molecular formula is C11H18N2. The predicted molar refractivity (Wildman–Crippen MR) is 54.6 cm³/mol. The van der Waals surface area contributed by atoms with Crippen molar-refractivity contribution in [1.82, 2.24) is 4.57 Å². The van der Waals surface area contributed by atoms with Crippen LogP contribution in [0.3, 0.4) is 0 Å². The van der Waals surface area contributed by atoms with Crippen LogP contribution in [0.15, 0.2) is 12.4 Å². The molecule has 0 aromatic carbocycles. The van der Waals surface area contributed by atoms with Gasteiger partial charge in [-0.2, -0.15) is 0 Å². The van der Waals surface area contributed by atoms with Gasteiger partial charge in [0.2, 0.25) is 0 Å². The Morgan fingerprint density at radius 2 is 2.15 bits per heavy atom. The van der Waals surface area contributed by atoms with Gasteiger partial charge >= 0.3 is 0 Å². The summed E-state index contributed by atoms with van der Waals surface area (Å²) in [4.78, 5) is 0. The normalized spacial score (nSPS) is 26.8. The van der Waals surface area contributed by atoms with Crippen molar-refractivity contribution in [2.45, 2.75) is 39.3 Å². The van der Waals surface area contributed by atoms with Gasteiger partial charge in [0.15, 0.2) is 0 Å². The van der Waals surface area contributed by atoms with E-state index in [2.05, 4.69) is 37.7 Å². The van der Waals surface area contributed by atoms with E-state index in [1.807, 2.05) is 0 Å². The maximum Gasteiger partial charge on any atom is 0.0341 e. The average molecular weight is 178 g/mol. The zero-order chi connectivity index (χ0) is 9.59. The second-order valence-corrected chi connectivity index (χ2v) is 4.49. The zero-order valence-corrected chi connectivity index (χ0v) is 8.62. The molecule has 1 aromatic heterocycles. The first-order valence-corrected chi connectivity index (χ1v) is 5.05. The molecule has 1 heterocycles. The number of hydrogen-bond donors (Lipinski definition) is 1. The van der Waals surface area contributed by atoms with E-state index in [-0.39, 0.29) is 6.04 Å². The Balaban J connectivity index is 2.35. The molecule has 0 radical (unpaired) electrons. The van der Waals surface area contributed by atoms with Crippen LogP contribution in [0.25, 0.3) is 0 Å². The second kappa shape index (κ2) is 2.88. The minimum absolute atomic E-state index is 0.259. The summed E-state index contributed by atoms with van der Waals surface area (Å²) in [5, 5.41) is 0. The average Bonchev–Trinajstić information content (AvgIpc) is 2.55. The molecule has 2 nitrogen and oxygen atoms in total. The van der Waals surface area contributed by atoms with Crippen LogP contribution in [0.2, 0.25) is 0 Å². The summed E-state index contributed by atoms with van der Waals surface area (Å²) in [6.45, 7) is 6.62. The predicted octanol–water partition coefficient (Wildman–Crippen LogP) is 2.26. The van der Waals surface area contributed by atoms with Gasteiger partial charge in [-0.05, 0) is 37.3 Å². The molecule has 13 heavy (non-hydrogen) atoms. The van der Waals surface area contributed by atoms with Crippen LogP contribution in [-0.2, 0) is 6.42 Å². The van der Waals surface area contributed by atoms with E-state index in [4.69, 9.17) is 5.73 Å². The zero-order valence-electron chi connectivity index (χ0n) is 8.62. The van der Waals surface area contributed by atoms with Crippen molar-refractivity contribution in [1.29, 1.82) is 0 Å². The van der Waals surface area contributed by atoms with Gasteiger partial charge in [-0.25, -0.2) is 0 Å². The first kappa shape index (κ1) is 8.82. The van der Waals surface area contributed by atoms with Gasteiger partial charge in [0.1, 0.15) is 0 Å². The van der Waals surface area contributed by atoms with Crippen molar-refractivity contribution in [3.8, 4) is 0 Å². The molecule has 1 aromatic rings. The summed E-state index contributed by atoms with van der Waals surface area (Å²) in [5.41, 5.74) is 8.90. The van der Waals surface area contributed by atoms with E-state index in [1.165, 1.54) is 11.1 Å². The van der Waals surface area contributed by atoms with E-state index in [0.29, 0.717) is 12.0 Å². The molecule has 1 aliphatic rings. The summed E-state index contributed by atoms with van der Waals surface area (Å²) in [5.74, 6) is 0.617.